The Morgan fingerprint density at radius 1 is 0.696 bits per heavy atom. The van der Waals surface area contributed by atoms with E-state index in [1.165, 1.54) is 0 Å². The number of para-hydroxylation sites is 1. The minimum atomic E-state index is -0.0847. The van der Waals surface area contributed by atoms with Crippen LogP contribution in [0, 0.1) is 0 Å². The predicted octanol–water partition coefficient (Wildman–Crippen LogP) is 4.11. The van der Waals surface area contributed by atoms with Crippen molar-refractivity contribution in [3.05, 3.63) is 95.1 Å². The van der Waals surface area contributed by atoms with E-state index in [1.54, 1.807) is 24.3 Å². The number of phenolic OH excluding ortho intramolecular Hbond substituents is 1. The van der Waals surface area contributed by atoms with Crippen LogP contribution in [0.1, 0.15) is 27.0 Å². The molecule has 0 heterocycles. The maximum Gasteiger partial charge on any atom is 0.194 e. The number of aromatic hydroxyl groups is 1. The Labute approximate surface area is 133 Å². The molecular formula is C20H13NO2. The lowest BCUT2D eigenvalue weighted by atomic mass is 9.83. The number of carbonyl (C=O) groups is 1. The zero-order valence-corrected chi connectivity index (χ0v) is 12.2. The highest BCUT2D eigenvalue weighted by Crippen LogP contribution is 2.34. The average molecular weight is 299 g/mol. The molecule has 0 unspecified atom stereocenters. The van der Waals surface area contributed by atoms with Crippen molar-refractivity contribution in [2.45, 2.75) is 0 Å². The highest BCUT2D eigenvalue weighted by Gasteiger charge is 2.29. The number of carbonyl (C=O) groups excluding carboxylic acids is 1. The van der Waals surface area contributed by atoms with Gasteiger partial charge in [-0.25, -0.2) is 4.99 Å². The highest BCUT2D eigenvalue weighted by atomic mass is 16.3. The minimum Gasteiger partial charge on any atom is -0.507 e. The lowest BCUT2D eigenvalue weighted by molar-refractivity contribution is 0.103. The van der Waals surface area contributed by atoms with Gasteiger partial charge in [-0.15, -0.1) is 0 Å². The Balaban J connectivity index is 2.05. The van der Waals surface area contributed by atoms with E-state index >= 15 is 0 Å². The van der Waals surface area contributed by atoms with E-state index in [-0.39, 0.29) is 11.5 Å². The monoisotopic (exact) mass is 299 g/mol. The molecule has 23 heavy (non-hydrogen) atoms. The van der Waals surface area contributed by atoms with Crippen LogP contribution in [0.15, 0.2) is 77.8 Å². The van der Waals surface area contributed by atoms with E-state index in [0.29, 0.717) is 22.4 Å². The number of rotatable bonds is 1. The van der Waals surface area contributed by atoms with Gasteiger partial charge in [-0.05, 0) is 18.2 Å². The lowest BCUT2D eigenvalue weighted by Gasteiger charge is -2.21. The summed E-state index contributed by atoms with van der Waals surface area (Å²) in [5.74, 6) is -0.0152. The fourth-order valence-electron chi connectivity index (χ4n) is 2.89. The first-order chi connectivity index (χ1) is 11.3. The molecule has 3 aromatic carbocycles. The highest BCUT2D eigenvalue weighted by molar-refractivity contribution is 6.31. The van der Waals surface area contributed by atoms with Crippen molar-refractivity contribution in [2.75, 3.05) is 0 Å². The van der Waals surface area contributed by atoms with E-state index < -0.39 is 0 Å². The van der Waals surface area contributed by atoms with Crippen LogP contribution in [0.2, 0.25) is 0 Å². The summed E-state index contributed by atoms with van der Waals surface area (Å²) < 4.78 is 0. The molecule has 0 aliphatic heterocycles. The Kier molecular flexibility index (Phi) is 3.05. The van der Waals surface area contributed by atoms with Crippen molar-refractivity contribution in [3.8, 4) is 5.75 Å². The second-order valence-corrected chi connectivity index (χ2v) is 5.37. The van der Waals surface area contributed by atoms with Crippen molar-refractivity contribution in [1.29, 1.82) is 0 Å². The van der Waals surface area contributed by atoms with E-state index in [1.807, 2.05) is 48.5 Å². The van der Waals surface area contributed by atoms with E-state index in [4.69, 9.17) is 4.99 Å². The molecule has 0 bridgehead atoms. The fraction of sp³-hybridized carbons (Fsp3) is 0. The van der Waals surface area contributed by atoms with Crippen LogP contribution in [0.3, 0.4) is 0 Å². The summed E-state index contributed by atoms with van der Waals surface area (Å²) >= 11 is 0. The van der Waals surface area contributed by atoms with Crippen LogP contribution < -0.4 is 0 Å². The average Bonchev–Trinajstić information content (AvgIpc) is 2.60. The molecule has 4 rings (SSSR count). The molecule has 1 aliphatic rings. The largest absolute Gasteiger partial charge is 0.507 e. The molecule has 0 aromatic heterocycles. The first-order valence-electron chi connectivity index (χ1n) is 7.36. The third kappa shape index (κ3) is 2.14. The number of benzene rings is 3. The number of fused-ring (bicyclic) bond motifs is 2. The van der Waals surface area contributed by atoms with Gasteiger partial charge in [0.2, 0.25) is 0 Å². The van der Waals surface area contributed by atoms with Gasteiger partial charge in [0, 0.05) is 16.7 Å². The second kappa shape index (κ2) is 5.21. The molecule has 3 aromatic rings. The second-order valence-electron chi connectivity index (χ2n) is 5.37. The summed E-state index contributed by atoms with van der Waals surface area (Å²) in [4.78, 5) is 17.4. The van der Waals surface area contributed by atoms with E-state index in [2.05, 4.69) is 0 Å². The SMILES string of the molecule is O=C1c2ccccc2C(=Nc2ccccc2)c2c(O)cccc21. The quantitative estimate of drug-likeness (QED) is 0.575. The first kappa shape index (κ1) is 13.5. The molecule has 0 saturated heterocycles. The van der Waals surface area contributed by atoms with Crippen LogP contribution in [0.4, 0.5) is 5.69 Å². The Hall–Kier alpha value is -3.20. The number of hydrogen-bond donors (Lipinski definition) is 1. The molecular weight excluding hydrogens is 286 g/mol. The smallest absolute Gasteiger partial charge is 0.194 e. The van der Waals surface area contributed by atoms with Crippen LogP contribution in [-0.2, 0) is 0 Å². The summed E-state index contributed by atoms with van der Waals surface area (Å²) in [6, 6.07) is 21.9. The molecule has 0 amide bonds. The number of ketones is 1. The maximum atomic E-state index is 12.7. The normalized spacial score (nSPS) is 14.4. The van der Waals surface area contributed by atoms with Crippen molar-refractivity contribution in [1.82, 2.24) is 0 Å². The summed E-state index contributed by atoms with van der Waals surface area (Å²) in [6.45, 7) is 0. The van der Waals surface area contributed by atoms with Crippen molar-refractivity contribution in [3.63, 3.8) is 0 Å². The number of phenols is 1. The van der Waals surface area contributed by atoms with Gasteiger partial charge in [0.05, 0.1) is 17.0 Å². The fourth-order valence-corrected chi connectivity index (χ4v) is 2.89. The summed E-state index contributed by atoms with van der Waals surface area (Å²) in [5.41, 5.74) is 3.74. The van der Waals surface area contributed by atoms with Crippen LogP contribution >= 0.6 is 0 Å². The van der Waals surface area contributed by atoms with Gasteiger partial charge in [-0.1, -0.05) is 54.6 Å². The standard InChI is InChI=1S/C20H13NO2/c22-17-12-6-11-16-18(17)19(21-13-7-2-1-3-8-13)14-9-4-5-10-15(14)20(16)23/h1-12,22H. The zero-order chi connectivity index (χ0) is 15.8. The first-order valence-corrected chi connectivity index (χ1v) is 7.36. The van der Waals surface area contributed by atoms with Crippen LogP contribution in [0.5, 0.6) is 5.75 Å². The van der Waals surface area contributed by atoms with Crippen molar-refractivity contribution < 1.29 is 9.90 Å². The third-order valence-corrected chi connectivity index (χ3v) is 3.95. The van der Waals surface area contributed by atoms with Crippen LogP contribution in [-0.4, -0.2) is 16.6 Å². The van der Waals surface area contributed by atoms with Crippen molar-refractivity contribution >= 4 is 17.2 Å². The maximum absolute atomic E-state index is 12.7. The molecule has 110 valence electrons. The number of aliphatic imine (C=N–C) groups is 1. The molecule has 0 saturated carbocycles. The molecule has 1 aliphatic carbocycles. The van der Waals surface area contributed by atoms with Gasteiger partial charge in [-0.3, -0.25) is 4.79 Å². The van der Waals surface area contributed by atoms with Gasteiger partial charge >= 0.3 is 0 Å². The Bertz CT molecular complexity index is 943. The van der Waals surface area contributed by atoms with Gasteiger partial charge in [0.15, 0.2) is 5.78 Å². The summed E-state index contributed by atoms with van der Waals surface area (Å²) in [6.07, 6.45) is 0. The number of nitrogens with zero attached hydrogens (tertiary/aromatic N) is 1. The molecule has 3 nitrogen and oxygen atoms in total. The summed E-state index contributed by atoms with van der Waals surface area (Å²) in [5, 5.41) is 10.3. The topological polar surface area (TPSA) is 49.7 Å². The molecule has 0 fully saturated rings. The zero-order valence-electron chi connectivity index (χ0n) is 12.2. The minimum absolute atomic E-state index is 0.0695. The van der Waals surface area contributed by atoms with Gasteiger partial charge < -0.3 is 5.11 Å². The van der Waals surface area contributed by atoms with Crippen LogP contribution in [0.25, 0.3) is 0 Å². The third-order valence-electron chi connectivity index (χ3n) is 3.95. The predicted molar refractivity (Wildman–Crippen MR) is 89.7 cm³/mol. The Morgan fingerprint density at radius 2 is 1.35 bits per heavy atom. The Morgan fingerprint density at radius 3 is 2.13 bits per heavy atom. The molecule has 0 spiro atoms. The van der Waals surface area contributed by atoms with E-state index in [0.717, 1.165) is 11.3 Å². The van der Waals surface area contributed by atoms with E-state index in [9.17, 15) is 9.90 Å². The van der Waals surface area contributed by atoms with Gasteiger partial charge in [0.1, 0.15) is 5.75 Å². The van der Waals surface area contributed by atoms with Crippen molar-refractivity contribution in [2.24, 2.45) is 4.99 Å². The lowest BCUT2D eigenvalue weighted by Crippen LogP contribution is -2.21. The summed E-state index contributed by atoms with van der Waals surface area (Å²) in [7, 11) is 0. The molecule has 3 heteroatoms. The molecule has 1 N–H and O–H groups in total. The number of hydrogen-bond acceptors (Lipinski definition) is 3. The molecule has 0 atom stereocenters. The van der Waals surface area contributed by atoms with Gasteiger partial charge in [-0.2, -0.15) is 0 Å². The molecule has 0 radical (unpaired) electrons. The van der Waals surface area contributed by atoms with Gasteiger partial charge in [0.25, 0.3) is 0 Å².